The molecule has 0 fully saturated rings. The van der Waals surface area contributed by atoms with Gasteiger partial charge in [-0.15, -0.1) is 0 Å². The largest absolute Gasteiger partial charge is 0.493 e. The van der Waals surface area contributed by atoms with Gasteiger partial charge in [0, 0.05) is 13.1 Å². The number of nitrogens with two attached hydrogens (primary N) is 2. The van der Waals surface area contributed by atoms with E-state index in [2.05, 4.69) is 32.0 Å². The van der Waals surface area contributed by atoms with E-state index < -0.39 is 17.5 Å². The molecule has 0 aromatic heterocycles. The minimum atomic E-state index is -0.650. The molecule has 2 aromatic rings. The molecule has 0 aliphatic rings. The molecule has 0 saturated carbocycles. The number of hydrogen-bond donors (Lipinski definition) is 2. The molecule has 0 saturated heterocycles. The van der Waals surface area contributed by atoms with Gasteiger partial charge in [-0.1, -0.05) is 24.3 Å². The molecule has 2 amide bonds. The predicted octanol–water partition coefficient (Wildman–Crippen LogP) is 4.12. The summed E-state index contributed by atoms with van der Waals surface area (Å²) in [4.78, 5) is 26.6. The second-order valence-electron chi connectivity index (χ2n) is 10.0. The molecule has 0 radical (unpaired) electrons. The van der Waals surface area contributed by atoms with E-state index in [1.54, 1.807) is 38.8 Å². The lowest BCUT2D eigenvalue weighted by Gasteiger charge is -2.31. The number of aryl methyl sites for hydroxylation is 3. The monoisotopic (exact) mass is 499 g/mol. The third kappa shape index (κ3) is 8.45. The lowest BCUT2D eigenvalue weighted by Crippen LogP contribution is -2.46. The minimum absolute atomic E-state index is 0.0543. The zero-order valence-corrected chi connectivity index (χ0v) is 22.4. The predicted molar refractivity (Wildman–Crippen MR) is 141 cm³/mol. The maximum atomic E-state index is 12.6. The molecule has 1 unspecified atom stereocenters. The number of esters is 1. The van der Waals surface area contributed by atoms with E-state index in [4.69, 9.17) is 25.7 Å². The molecule has 2 rings (SSSR count). The number of hydrogen-bond acceptors (Lipinski definition) is 6. The van der Waals surface area contributed by atoms with Crippen LogP contribution < -0.4 is 20.9 Å². The third-order valence-electron chi connectivity index (χ3n) is 6.04. The van der Waals surface area contributed by atoms with E-state index in [9.17, 15) is 9.59 Å². The third-order valence-corrected chi connectivity index (χ3v) is 6.04. The summed E-state index contributed by atoms with van der Waals surface area (Å²) in [6.45, 7) is 10.6. The molecule has 198 valence electrons. The molecule has 1 atom stereocenters. The summed E-state index contributed by atoms with van der Waals surface area (Å²) in [6.07, 6.45) is 1.29. The standard InChI is InChI=1S/C28H41N3O5/c1-19-7-8-21(15-20(19)2)9-11-23(18-36-26(32)28(3,4)5)31(27(30)33)17-22-10-12-24(35-14-13-29)25(16-22)34-6/h7-8,10,12,15-16,23H,9,11,13-14,17-18,29H2,1-6H3,(H2,30,33). The lowest BCUT2D eigenvalue weighted by atomic mass is 9.97. The van der Waals surface area contributed by atoms with Gasteiger partial charge < -0.3 is 30.6 Å². The zero-order chi connectivity index (χ0) is 26.9. The van der Waals surface area contributed by atoms with Crippen molar-refractivity contribution < 1.29 is 23.8 Å². The topological polar surface area (TPSA) is 117 Å². The Labute approximate surface area is 214 Å². The Kier molecular flexibility index (Phi) is 10.6. The number of amides is 2. The van der Waals surface area contributed by atoms with E-state index in [1.165, 1.54) is 11.1 Å². The number of carbonyl (C=O) groups excluding carboxylic acids is 2. The SMILES string of the molecule is COc1cc(CN(C(N)=O)C(CCc2ccc(C)c(C)c2)COC(=O)C(C)(C)C)ccc1OCCN. The van der Waals surface area contributed by atoms with Crippen LogP contribution in [-0.4, -0.2) is 49.8 Å². The van der Waals surface area contributed by atoms with E-state index in [-0.39, 0.29) is 19.1 Å². The Balaban J connectivity index is 2.28. The Bertz CT molecular complexity index is 1030. The highest BCUT2D eigenvalue weighted by Crippen LogP contribution is 2.29. The first-order valence-corrected chi connectivity index (χ1v) is 12.3. The maximum absolute atomic E-state index is 12.6. The van der Waals surface area contributed by atoms with Gasteiger partial charge in [-0.25, -0.2) is 4.79 Å². The second kappa shape index (κ2) is 13.2. The summed E-state index contributed by atoms with van der Waals surface area (Å²) >= 11 is 0. The van der Waals surface area contributed by atoms with Gasteiger partial charge in [0.15, 0.2) is 11.5 Å². The summed E-state index contributed by atoms with van der Waals surface area (Å²) in [7, 11) is 1.55. The molecule has 8 nitrogen and oxygen atoms in total. The Morgan fingerprint density at radius 2 is 1.69 bits per heavy atom. The van der Waals surface area contributed by atoms with Gasteiger partial charge in [0.2, 0.25) is 0 Å². The summed E-state index contributed by atoms with van der Waals surface area (Å²) < 4.78 is 16.7. The first-order valence-electron chi connectivity index (χ1n) is 12.3. The fraction of sp³-hybridized carbons (Fsp3) is 0.500. The quantitative estimate of drug-likeness (QED) is 0.424. The van der Waals surface area contributed by atoms with E-state index in [1.807, 2.05) is 12.1 Å². The van der Waals surface area contributed by atoms with Crippen molar-refractivity contribution in [2.24, 2.45) is 16.9 Å². The smallest absolute Gasteiger partial charge is 0.315 e. The first-order chi connectivity index (χ1) is 17.0. The molecular formula is C28H41N3O5. The van der Waals surface area contributed by atoms with Crippen LogP contribution >= 0.6 is 0 Å². The number of urea groups is 1. The van der Waals surface area contributed by atoms with Gasteiger partial charge >= 0.3 is 12.0 Å². The van der Waals surface area contributed by atoms with Crippen molar-refractivity contribution in [1.82, 2.24) is 4.90 Å². The van der Waals surface area contributed by atoms with E-state index in [0.29, 0.717) is 37.5 Å². The van der Waals surface area contributed by atoms with Crippen LogP contribution in [0.5, 0.6) is 11.5 Å². The number of benzene rings is 2. The van der Waals surface area contributed by atoms with Crippen molar-refractivity contribution in [3.8, 4) is 11.5 Å². The number of nitrogens with zero attached hydrogens (tertiary/aromatic N) is 1. The average Bonchev–Trinajstić information content (AvgIpc) is 2.83. The molecule has 4 N–H and O–H groups in total. The highest BCUT2D eigenvalue weighted by Gasteiger charge is 2.28. The Hall–Kier alpha value is -3.26. The minimum Gasteiger partial charge on any atom is -0.493 e. The molecule has 36 heavy (non-hydrogen) atoms. The van der Waals surface area contributed by atoms with Crippen LogP contribution in [0, 0.1) is 19.3 Å². The number of carbonyl (C=O) groups is 2. The van der Waals surface area contributed by atoms with Crippen molar-refractivity contribution in [2.75, 3.05) is 26.9 Å². The van der Waals surface area contributed by atoms with Crippen molar-refractivity contribution in [3.63, 3.8) is 0 Å². The normalized spacial score (nSPS) is 12.1. The van der Waals surface area contributed by atoms with Crippen LogP contribution in [0.1, 0.15) is 49.4 Å². The number of ether oxygens (including phenoxy) is 3. The second-order valence-corrected chi connectivity index (χ2v) is 10.0. The Morgan fingerprint density at radius 1 is 1.00 bits per heavy atom. The average molecular weight is 500 g/mol. The Morgan fingerprint density at radius 3 is 2.28 bits per heavy atom. The molecule has 8 heteroatoms. The molecule has 0 heterocycles. The van der Waals surface area contributed by atoms with Gasteiger partial charge in [0.05, 0.1) is 18.6 Å². The van der Waals surface area contributed by atoms with Crippen molar-refractivity contribution in [1.29, 1.82) is 0 Å². The fourth-order valence-corrected chi connectivity index (χ4v) is 3.69. The van der Waals surface area contributed by atoms with Crippen LogP contribution in [0.15, 0.2) is 36.4 Å². The zero-order valence-electron chi connectivity index (χ0n) is 22.4. The van der Waals surface area contributed by atoms with Crippen LogP contribution in [0.2, 0.25) is 0 Å². The van der Waals surface area contributed by atoms with Gasteiger partial charge in [-0.05, 0) is 81.8 Å². The van der Waals surface area contributed by atoms with Crippen LogP contribution in [0.4, 0.5) is 4.79 Å². The summed E-state index contributed by atoms with van der Waals surface area (Å²) in [5.74, 6) is 0.783. The van der Waals surface area contributed by atoms with Gasteiger partial charge in [-0.3, -0.25) is 4.79 Å². The van der Waals surface area contributed by atoms with Gasteiger partial charge in [0.1, 0.15) is 13.2 Å². The lowest BCUT2D eigenvalue weighted by molar-refractivity contribution is -0.154. The van der Waals surface area contributed by atoms with Crippen LogP contribution in [-0.2, 0) is 22.5 Å². The summed E-state index contributed by atoms with van der Waals surface area (Å²) in [5, 5.41) is 0. The highest BCUT2D eigenvalue weighted by atomic mass is 16.5. The first kappa shape index (κ1) is 29.0. The van der Waals surface area contributed by atoms with Crippen LogP contribution in [0.3, 0.4) is 0 Å². The van der Waals surface area contributed by atoms with Crippen molar-refractivity contribution in [3.05, 3.63) is 58.7 Å². The summed E-state index contributed by atoms with van der Waals surface area (Å²) in [6, 6.07) is 10.8. The van der Waals surface area contributed by atoms with Crippen molar-refractivity contribution >= 4 is 12.0 Å². The van der Waals surface area contributed by atoms with Crippen LogP contribution in [0.25, 0.3) is 0 Å². The maximum Gasteiger partial charge on any atom is 0.315 e. The molecule has 0 aliphatic carbocycles. The molecule has 0 spiro atoms. The fourth-order valence-electron chi connectivity index (χ4n) is 3.69. The van der Waals surface area contributed by atoms with Crippen molar-refractivity contribution in [2.45, 2.75) is 60.0 Å². The highest BCUT2D eigenvalue weighted by molar-refractivity contribution is 5.75. The molecule has 2 aromatic carbocycles. The summed E-state index contributed by atoms with van der Waals surface area (Å²) in [5.41, 5.74) is 15.1. The van der Waals surface area contributed by atoms with E-state index >= 15 is 0 Å². The number of primary amides is 1. The molecular weight excluding hydrogens is 458 g/mol. The molecule has 0 bridgehead atoms. The molecule has 0 aliphatic heterocycles. The van der Waals surface area contributed by atoms with Gasteiger partial charge in [0.25, 0.3) is 0 Å². The number of methoxy groups -OCH3 is 1. The van der Waals surface area contributed by atoms with E-state index in [0.717, 1.165) is 11.1 Å². The van der Waals surface area contributed by atoms with Gasteiger partial charge in [-0.2, -0.15) is 0 Å². The number of rotatable bonds is 12.